The third-order valence-corrected chi connectivity index (χ3v) is 2.86. The van der Waals surface area contributed by atoms with Crippen molar-refractivity contribution in [1.29, 1.82) is 0 Å². The quantitative estimate of drug-likeness (QED) is 0.824. The van der Waals surface area contributed by atoms with Gasteiger partial charge in [0.15, 0.2) is 0 Å². The van der Waals surface area contributed by atoms with Crippen LogP contribution in [-0.2, 0) is 0 Å². The number of aromatic nitrogens is 1. The van der Waals surface area contributed by atoms with Crippen molar-refractivity contribution in [3.8, 4) is 11.5 Å². The minimum atomic E-state index is 0.261. The summed E-state index contributed by atoms with van der Waals surface area (Å²) in [6.07, 6.45) is 1.65. The molecule has 0 spiro atoms. The van der Waals surface area contributed by atoms with Gasteiger partial charge in [-0.2, -0.15) is 0 Å². The van der Waals surface area contributed by atoms with E-state index in [-0.39, 0.29) is 4.99 Å². The molecular weight excluding hydrogens is 274 g/mol. The Bertz CT molecular complexity index is 609. The summed E-state index contributed by atoms with van der Waals surface area (Å²) in [4.78, 5) is 4.35. The van der Waals surface area contributed by atoms with E-state index in [1.54, 1.807) is 32.5 Å². The third kappa shape index (κ3) is 3.36. The van der Waals surface area contributed by atoms with Gasteiger partial charge in [0.25, 0.3) is 0 Å². The molecule has 0 radical (unpaired) electrons. The van der Waals surface area contributed by atoms with Crippen LogP contribution in [0.2, 0.25) is 0 Å². The Balaban J connectivity index is 2.29. The number of benzene rings is 1. The van der Waals surface area contributed by atoms with E-state index < -0.39 is 0 Å². The summed E-state index contributed by atoms with van der Waals surface area (Å²) in [7, 11) is 3.21. The number of nitrogens with two attached hydrogens (primary N) is 1. The average molecular weight is 289 g/mol. The fraction of sp³-hybridized carbons (Fsp3) is 0.143. The van der Waals surface area contributed by atoms with E-state index in [4.69, 9.17) is 27.4 Å². The predicted molar refractivity (Wildman–Crippen MR) is 83.0 cm³/mol. The zero-order valence-electron chi connectivity index (χ0n) is 11.2. The van der Waals surface area contributed by atoms with Gasteiger partial charge < -0.3 is 20.5 Å². The molecule has 2 aromatic rings. The highest BCUT2D eigenvalue weighted by Crippen LogP contribution is 2.28. The molecule has 0 aliphatic rings. The molecule has 20 heavy (non-hydrogen) atoms. The molecule has 3 N–H and O–H groups in total. The van der Waals surface area contributed by atoms with Gasteiger partial charge in [0.05, 0.1) is 19.9 Å². The minimum absolute atomic E-state index is 0.261. The Kier molecular flexibility index (Phi) is 4.37. The maximum atomic E-state index is 5.57. The van der Waals surface area contributed by atoms with Gasteiger partial charge in [-0.3, -0.25) is 4.98 Å². The van der Waals surface area contributed by atoms with E-state index >= 15 is 0 Å². The first-order chi connectivity index (χ1) is 9.62. The van der Waals surface area contributed by atoms with E-state index in [1.807, 2.05) is 18.2 Å². The SMILES string of the molecule is COc1cc(Nc2ccnc(C(N)=S)c2)cc(OC)c1. The standard InChI is InChI=1S/C14H15N3O2S/c1-18-11-5-10(6-12(8-11)19-2)17-9-3-4-16-13(7-9)14(15)20/h3-8H,1-2H3,(H2,15,20)(H,16,17). The maximum Gasteiger partial charge on any atom is 0.124 e. The van der Waals surface area contributed by atoms with Gasteiger partial charge in [0, 0.05) is 35.8 Å². The molecule has 6 heteroatoms. The van der Waals surface area contributed by atoms with Crippen LogP contribution in [0.3, 0.4) is 0 Å². The summed E-state index contributed by atoms with van der Waals surface area (Å²) in [5.41, 5.74) is 7.80. The van der Waals surface area contributed by atoms with Crippen molar-refractivity contribution in [3.63, 3.8) is 0 Å². The van der Waals surface area contributed by atoms with E-state index in [0.717, 1.165) is 11.4 Å². The highest BCUT2D eigenvalue weighted by molar-refractivity contribution is 7.80. The minimum Gasteiger partial charge on any atom is -0.497 e. The molecule has 2 rings (SSSR count). The van der Waals surface area contributed by atoms with Gasteiger partial charge in [0.1, 0.15) is 16.5 Å². The van der Waals surface area contributed by atoms with Gasteiger partial charge in [-0.1, -0.05) is 12.2 Å². The summed E-state index contributed by atoms with van der Waals surface area (Å²) in [6, 6.07) is 9.15. The van der Waals surface area contributed by atoms with Crippen molar-refractivity contribution in [2.24, 2.45) is 5.73 Å². The van der Waals surface area contributed by atoms with Crippen LogP contribution in [0.15, 0.2) is 36.5 Å². The number of nitrogens with one attached hydrogen (secondary N) is 1. The fourth-order valence-corrected chi connectivity index (χ4v) is 1.80. The second-order valence-electron chi connectivity index (χ2n) is 4.02. The molecule has 0 bridgehead atoms. The first kappa shape index (κ1) is 14.1. The van der Waals surface area contributed by atoms with Crippen LogP contribution in [0.25, 0.3) is 0 Å². The topological polar surface area (TPSA) is 69.4 Å². The number of anilines is 2. The number of nitrogens with zero attached hydrogens (tertiary/aromatic N) is 1. The summed E-state index contributed by atoms with van der Waals surface area (Å²) in [5.74, 6) is 1.41. The molecule has 1 aromatic carbocycles. The van der Waals surface area contributed by atoms with Crippen molar-refractivity contribution in [1.82, 2.24) is 4.98 Å². The number of hydrogen-bond donors (Lipinski definition) is 2. The monoisotopic (exact) mass is 289 g/mol. The highest BCUT2D eigenvalue weighted by Gasteiger charge is 2.04. The number of pyridine rings is 1. The molecule has 1 heterocycles. The molecule has 0 aliphatic carbocycles. The van der Waals surface area contributed by atoms with Crippen LogP contribution < -0.4 is 20.5 Å². The fourth-order valence-electron chi connectivity index (χ4n) is 1.69. The van der Waals surface area contributed by atoms with Crippen LogP contribution in [0.5, 0.6) is 11.5 Å². The van der Waals surface area contributed by atoms with Crippen molar-refractivity contribution >= 4 is 28.6 Å². The Hall–Kier alpha value is -2.34. The zero-order valence-corrected chi connectivity index (χ0v) is 12.0. The Morgan fingerprint density at radius 2 is 1.75 bits per heavy atom. The van der Waals surface area contributed by atoms with Gasteiger partial charge in [-0.15, -0.1) is 0 Å². The molecule has 5 nitrogen and oxygen atoms in total. The molecule has 0 saturated carbocycles. The lowest BCUT2D eigenvalue weighted by molar-refractivity contribution is 0.395. The predicted octanol–water partition coefficient (Wildman–Crippen LogP) is 2.48. The third-order valence-electron chi connectivity index (χ3n) is 2.65. The van der Waals surface area contributed by atoms with Crippen molar-refractivity contribution < 1.29 is 9.47 Å². The van der Waals surface area contributed by atoms with Crippen molar-refractivity contribution in [2.75, 3.05) is 19.5 Å². The lowest BCUT2D eigenvalue weighted by atomic mass is 10.2. The maximum absolute atomic E-state index is 5.57. The number of methoxy groups -OCH3 is 2. The molecule has 1 aromatic heterocycles. The van der Waals surface area contributed by atoms with Crippen LogP contribution in [0.4, 0.5) is 11.4 Å². The van der Waals surface area contributed by atoms with Crippen LogP contribution in [-0.4, -0.2) is 24.2 Å². The second kappa shape index (κ2) is 6.21. The van der Waals surface area contributed by atoms with Crippen LogP contribution >= 0.6 is 12.2 Å². The Morgan fingerprint density at radius 1 is 1.10 bits per heavy atom. The Labute approximate surface area is 122 Å². The summed E-state index contributed by atoms with van der Waals surface area (Å²) in [6.45, 7) is 0. The largest absolute Gasteiger partial charge is 0.497 e. The lowest BCUT2D eigenvalue weighted by Crippen LogP contribution is -2.11. The number of hydrogen-bond acceptors (Lipinski definition) is 5. The second-order valence-corrected chi connectivity index (χ2v) is 4.46. The molecule has 0 fully saturated rings. The summed E-state index contributed by atoms with van der Waals surface area (Å²) >= 11 is 4.91. The van der Waals surface area contributed by atoms with Crippen LogP contribution in [0.1, 0.15) is 5.69 Å². The zero-order chi connectivity index (χ0) is 14.5. The highest BCUT2D eigenvalue weighted by atomic mass is 32.1. The molecule has 0 atom stereocenters. The van der Waals surface area contributed by atoms with E-state index in [1.165, 1.54) is 0 Å². The normalized spacial score (nSPS) is 9.90. The number of thiocarbonyl (C=S) groups is 1. The Morgan fingerprint density at radius 3 is 2.30 bits per heavy atom. The van der Waals surface area contributed by atoms with Gasteiger partial charge >= 0.3 is 0 Å². The smallest absolute Gasteiger partial charge is 0.124 e. The van der Waals surface area contributed by atoms with Crippen LogP contribution in [0, 0.1) is 0 Å². The molecule has 104 valence electrons. The average Bonchev–Trinajstić information content (AvgIpc) is 2.47. The van der Waals surface area contributed by atoms with E-state index in [2.05, 4.69) is 10.3 Å². The van der Waals surface area contributed by atoms with E-state index in [0.29, 0.717) is 17.2 Å². The van der Waals surface area contributed by atoms with Crippen molar-refractivity contribution in [2.45, 2.75) is 0 Å². The molecular formula is C14H15N3O2S. The number of rotatable bonds is 5. The van der Waals surface area contributed by atoms with Gasteiger partial charge in [-0.25, -0.2) is 0 Å². The van der Waals surface area contributed by atoms with Gasteiger partial charge in [-0.05, 0) is 12.1 Å². The van der Waals surface area contributed by atoms with Gasteiger partial charge in [0.2, 0.25) is 0 Å². The van der Waals surface area contributed by atoms with E-state index in [9.17, 15) is 0 Å². The molecule has 0 saturated heterocycles. The first-order valence-corrected chi connectivity index (χ1v) is 6.29. The molecule has 0 amide bonds. The lowest BCUT2D eigenvalue weighted by Gasteiger charge is -2.11. The molecule has 0 unspecified atom stereocenters. The summed E-state index contributed by atoms with van der Waals surface area (Å²) in [5, 5.41) is 3.23. The number of ether oxygens (including phenoxy) is 2. The molecule has 0 aliphatic heterocycles. The summed E-state index contributed by atoms with van der Waals surface area (Å²) < 4.78 is 10.4. The van der Waals surface area contributed by atoms with Crippen molar-refractivity contribution in [3.05, 3.63) is 42.2 Å². The first-order valence-electron chi connectivity index (χ1n) is 5.88.